The highest BCUT2D eigenvalue weighted by molar-refractivity contribution is 9.09. The molecule has 1 aromatic carbocycles. The minimum absolute atomic E-state index is 0.191. The molecule has 0 bridgehead atoms. The smallest absolute Gasteiger partial charge is 0.0467 e. The fourth-order valence-corrected chi connectivity index (χ4v) is 3.33. The maximum Gasteiger partial charge on any atom is 0.0467 e. The largest absolute Gasteiger partial charge is 0.0840 e. The molecule has 1 aliphatic rings. The number of hydrogen-bond acceptors (Lipinski definition) is 0. The van der Waals surface area contributed by atoms with Gasteiger partial charge in [0.25, 0.3) is 0 Å². The zero-order chi connectivity index (χ0) is 10.5. The second-order valence-electron chi connectivity index (χ2n) is 4.45. The van der Waals surface area contributed by atoms with Crippen LogP contribution in [0.3, 0.4) is 0 Å². The molecule has 1 unspecified atom stereocenters. The summed E-state index contributed by atoms with van der Waals surface area (Å²) in [5.41, 5.74) is 2.56. The average molecular weight is 294 g/mol. The van der Waals surface area contributed by atoms with Crippen molar-refractivity contribution in [3.8, 4) is 0 Å². The van der Waals surface area contributed by atoms with Gasteiger partial charge < -0.3 is 0 Å². The van der Waals surface area contributed by atoms with Gasteiger partial charge in [-0.05, 0) is 35.1 Å². The van der Waals surface area contributed by atoms with Crippen LogP contribution in [0.25, 0.3) is 0 Å². The molecule has 0 aliphatic heterocycles. The molecule has 0 fully saturated rings. The van der Waals surface area contributed by atoms with Crippen molar-refractivity contribution < 1.29 is 0 Å². The zero-order valence-electron chi connectivity index (χ0n) is 8.07. The molecule has 0 N–H and O–H groups in total. The van der Waals surface area contributed by atoms with Crippen LogP contribution in [-0.2, 0) is 6.42 Å². The highest BCUT2D eigenvalue weighted by atomic mass is 79.9. The van der Waals surface area contributed by atoms with E-state index in [0.29, 0.717) is 4.83 Å². The lowest BCUT2D eigenvalue weighted by molar-refractivity contribution is 0.389. The average Bonchev–Trinajstić information content (AvgIpc) is 2.33. The van der Waals surface area contributed by atoms with Crippen LogP contribution < -0.4 is 0 Å². The van der Waals surface area contributed by atoms with Crippen molar-refractivity contribution in [3.05, 3.63) is 33.3 Å². The van der Waals surface area contributed by atoms with E-state index in [-0.39, 0.29) is 5.41 Å². The highest BCUT2D eigenvalue weighted by Crippen LogP contribution is 2.54. The molecule has 0 heterocycles. The van der Waals surface area contributed by atoms with Crippen LogP contribution in [0.2, 0.25) is 10.0 Å². The molecule has 1 aromatic rings. The number of alkyl halides is 1. The van der Waals surface area contributed by atoms with Crippen molar-refractivity contribution >= 4 is 39.1 Å². The van der Waals surface area contributed by atoms with Crippen molar-refractivity contribution in [3.63, 3.8) is 0 Å². The summed E-state index contributed by atoms with van der Waals surface area (Å²) >= 11 is 16.0. The summed E-state index contributed by atoms with van der Waals surface area (Å²) in [7, 11) is 0. The predicted molar refractivity (Wildman–Crippen MR) is 65.6 cm³/mol. The molecule has 0 saturated heterocycles. The lowest BCUT2D eigenvalue weighted by Gasteiger charge is -2.22. The molecular formula is C11H11BrCl2. The van der Waals surface area contributed by atoms with E-state index in [1.165, 1.54) is 11.1 Å². The predicted octanol–water partition coefficient (Wildman–Crippen LogP) is 5.01. The Kier molecular flexibility index (Phi) is 2.62. The summed E-state index contributed by atoms with van der Waals surface area (Å²) in [6, 6.07) is 3.75. The summed E-state index contributed by atoms with van der Waals surface area (Å²) in [5, 5.41) is 1.65. The second-order valence-corrected chi connectivity index (χ2v) is 6.18. The standard InChI is InChI=1S/C11H11BrCl2/c1-11(2)5-6-7(13)3-4-8(14)9(6)10(11)12/h3-4,10H,5H2,1-2H3. The van der Waals surface area contributed by atoms with Crippen LogP contribution in [0, 0.1) is 5.41 Å². The molecule has 14 heavy (non-hydrogen) atoms. The minimum Gasteiger partial charge on any atom is -0.0840 e. The van der Waals surface area contributed by atoms with Crippen LogP contribution in [-0.4, -0.2) is 0 Å². The quantitative estimate of drug-likeness (QED) is 0.590. The van der Waals surface area contributed by atoms with E-state index < -0.39 is 0 Å². The Labute approximate surface area is 103 Å². The van der Waals surface area contributed by atoms with Gasteiger partial charge in [-0.15, -0.1) is 0 Å². The van der Waals surface area contributed by atoms with E-state index >= 15 is 0 Å². The first-order chi connectivity index (χ1) is 6.43. The van der Waals surface area contributed by atoms with E-state index in [9.17, 15) is 0 Å². The first kappa shape index (κ1) is 10.8. The van der Waals surface area contributed by atoms with Crippen LogP contribution >= 0.6 is 39.1 Å². The maximum absolute atomic E-state index is 6.18. The first-order valence-corrected chi connectivity index (χ1v) is 6.21. The SMILES string of the molecule is CC1(C)Cc2c(Cl)ccc(Cl)c2C1Br. The molecular weight excluding hydrogens is 283 g/mol. The van der Waals surface area contributed by atoms with Crippen LogP contribution in [0.15, 0.2) is 12.1 Å². The molecule has 0 amide bonds. The van der Waals surface area contributed by atoms with Gasteiger partial charge in [0.1, 0.15) is 0 Å². The van der Waals surface area contributed by atoms with Gasteiger partial charge in [0.05, 0.1) is 0 Å². The third-order valence-corrected chi connectivity index (χ3v) is 5.20. The van der Waals surface area contributed by atoms with E-state index in [4.69, 9.17) is 23.2 Å². The van der Waals surface area contributed by atoms with E-state index in [1.54, 1.807) is 0 Å². The lowest BCUT2D eigenvalue weighted by atomic mass is 9.90. The third kappa shape index (κ3) is 1.50. The highest BCUT2D eigenvalue weighted by Gasteiger charge is 2.39. The number of rotatable bonds is 0. The molecule has 0 spiro atoms. The Morgan fingerprint density at radius 2 is 1.86 bits per heavy atom. The van der Waals surface area contributed by atoms with E-state index in [2.05, 4.69) is 29.8 Å². The summed E-state index contributed by atoms with van der Waals surface area (Å²) in [5.74, 6) is 0. The summed E-state index contributed by atoms with van der Waals surface area (Å²) in [6.45, 7) is 4.44. The van der Waals surface area contributed by atoms with E-state index in [1.807, 2.05) is 12.1 Å². The molecule has 3 heteroatoms. The number of fused-ring (bicyclic) bond motifs is 1. The lowest BCUT2D eigenvalue weighted by Crippen LogP contribution is -2.12. The summed E-state index contributed by atoms with van der Waals surface area (Å²) in [4.78, 5) is 0.302. The summed E-state index contributed by atoms with van der Waals surface area (Å²) < 4.78 is 0. The molecule has 0 saturated carbocycles. The second kappa shape index (κ2) is 3.40. The maximum atomic E-state index is 6.18. The topological polar surface area (TPSA) is 0 Å². The van der Waals surface area contributed by atoms with Crippen molar-refractivity contribution in [2.45, 2.75) is 25.1 Å². The number of hydrogen-bond donors (Lipinski definition) is 0. The Hall–Kier alpha value is 0.280. The monoisotopic (exact) mass is 292 g/mol. The molecule has 2 rings (SSSR count). The minimum atomic E-state index is 0.191. The molecule has 1 atom stereocenters. The molecule has 1 aliphatic carbocycles. The number of benzene rings is 1. The molecule has 0 aromatic heterocycles. The third-order valence-electron chi connectivity index (χ3n) is 2.82. The Morgan fingerprint density at radius 1 is 1.29 bits per heavy atom. The Morgan fingerprint density at radius 3 is 2.43 bits per heavy atom. The van der Waals surface area contributed by atoms with Gasteiger partial charge in [-0.25, -0.2) is 0 Å². The molecule has 0 nitrogen and oxygen atoms in total. The van der Waals surface area contributed by atoms with Crippen LogP contribution in [0.5, 0.6) is 0 Å². The van der Waals surface area contributed by atoms with Gasteiger partial charge in [-0.3, -0.25) is 0 Å². The Bertz CT molecular complexity index is 385. The molecule has 0 radical (unpaired) electrons. The van der Waals surface area contributed by atoms with Crippen LogP contribution in [0.4, 0.5) is 0 Å². The van der Waals surface area contributed by atoms with Gasteiger partial charge in [0, 0.05) is 14.9 Å². The fraction of sp³-hybridized carbons (Fsp3) is 0.455. The van der Waals surface area contributed by atoms with Crippen molar-refractivity contribution in [2.24, 2.45) is 5.41 Å². The van der Waals surface area contributed by atoms with Gasteiger partial charge in [0.15, 0.2) is 0 Å². The van der Waals surface area contributed by atoms with Crippen molar-refractivity contribution in [2.75, 3.05) is 0 Å². The van der Waals surface area contributed by atoms with Gasteiger partial charge in [0.2, 0.25) is 0 Å². The van der Waals surface area contributed by atoms with Crippen molar-refractivity contribution in [1.29, 1.82) is 0 Å². The Balaban J connectivity index is 2.64. The zero-order valence-corrected chi connectivity index (χ0v) is 11.2. The van der Waals surface area contributed by atoms with Gasteiger partial charge >= 0.3 is 0 Å². The van der Waals surface area contributed by atoms with Gasteiger partial charge in [-0.2, -0.15) is 0 Å². The van der Waals surface area contributed by atoms with Gasteiger partial charge in [-0.1, -0.05) is 53.0 Å². The molecule has 76 valence electrons. The normalized spacial score (nSPS) is 23.6. The van der Waals surface area contributed by atoms with Crippen molar-refractivity contribution in [1.82, 2.24) is 0 Å². The summed E-state index contributed by atoms with van der Waals surface area (Å²) in [6.07, 6.45) is 0.984. The number of halogens is 3. The first-order valence-electron chi connectivity index (χ1n) is 4.54. The fourth-order valence-electron chi connectivity index (χ4n) is 2.00. The van der Waals surface area contributed by atoms with Crippen LogP contribution in [0.1, 0.15) is 29.8 Å². The van der Waals surface area contributed by atoms with E-state index in [0.717, 1.165) is 16.5 Å².